The number of fused-ring (bicyclic) bond motifs is 1. The van der Waals surface area contributed by atoms with Crippen LogP contribution in [0.3, 0.4) is 0 Å². The van der Waals surface area contributed by atoms with Gasteiger partial charge in [-0.3, -0.25) is 4.79 Å². The van der Waals surface area contributed by atoms with Gasteiger partial charge in [-0.15, -0.1) is 0 Å². The Balaban J connectivity index is 1.84. The van der Waals surface area contributed by atoms with Gasteiger partial charge in [0.25, 0.3) is 0 Å². The molecule has 1 fully saturated rings. The zero-order chi connectivity index (χ0) is 17.1. The van der Waals surface area contributed by atoms with E-state index in [1.807, 2.05) is 30.0 Å². The van der Waals surface area contributed by atoms with Crippen molar-refractivity contribution in [1.29, 1.82) is 5.26 Å². The van der Waals surface area contributed by atoms with Crippen molar-refractivity contribution in [3.05, 3.63) is 18.6 Å². The highest BCUT2D eigenvalue weighted by Crippen LogP contribution is 2.24. The Morgan fingerprint density at radius 1 is 1.58 bits per heavy atom. The van der Waals surface area contributed by atoms with Crippen LogP contribution in [0, 0.1) is 23.2 Å². The maximum Gasteiger partial charge on any atom is 0.335 e. The lowest BCUT2D eigenvalue weighted by Gasteiger charge is -2.34. The Kier molecular flexibility index (Phi) is 4.56. The Morgan fingerprint density at radius 2 is 2.42 bits per heavy atom. The Bertz CT molecular complexity index is 818. The third kappa shape index (κ3) is 3.13. The third-order valence-corrected chi connectivity index (χ3v) is 4.68. The number of nitrogens with one attached hydrogen (secondary N) is 1. The van der Waals surface area contributed by atoms with E-state index in [2.05, 4.69) is 28.1 Å². The largest absolute Gasteiger partial charge is 0.346 e. The molecule has 0 radical (unpaired) electrons. The number of aromatic amines is 1. The van der Waals surface area contributed by atoms with E-state index in [1.165, 1.54) is 0 Å². The fourth-order valence-electron chi connectivity index (χ4n) is 3.20. The van der Waals surface area contributed by atoms with Gasteiger partial charge in [0.15, 0.2) is 0 Å². The minimum Gasteiger partial charge on any atom is -0.346 e. The molecule has 7 heteroatoms. The first-order valence-corrected chi connectivity index (χ1v) is 8.10. The molecule has 124 valence electrons. The van der Waals surface area contributed by atoms with E-state index in [0.29, 0.717) is 12.5 Å². The Labute approximate surface area is 140 Å². The summed E-state index contributed by atoms with van der Waals surface area (Å²) in [5.74, 6) is 1.46. The fraction of sp³-hybridized carbons (Fsp3) is 0.471. The van der Waals surface area contributed by atoms with Crippen LogP contribution in [-0.2, 0) is 4.79 Å². The lowest BCUT2D eigenvalue weighted by Crippen LogP contribution is -2.44. The van der Waals surface area contributed by atoms with E-state index in [1.54, 1.807) is 11.2 Å². The van der Waals surface area contributed by atoms with E-state index in [4.69, 9.17) is 5.26 Å². The quantitative estimate of drug-likeness (QED) is 0.687. The molecule has 24 heavy (non-hydrogen) atoms. The van der Waals surface area contributed by atoms with Gasteiger partial charge in [0.1, 0.15) is 17.5 Å². The van der Waals surface area contributed by atoms with E-state index < -0.39 is 0 Å². The number of likely N-dealkylation sites (tertiary alicyclic amines) is 1. The molecule has 7 nitrogen and oxygen atoms in total. The van der Waals surface area contributed by atoms with Crippen LogP contribution in [0.25, 0.3) is 11.0 Å². The van der Waals surface area contributed by atoms with Crippen molar-refractivity contribution < 1.29 is 9.37 Å². The number of carbonyl (C=O) groups is 1. The number of piperidine rings is 1. The summed E-state index contributed by atoms with van der Waals surface area (Å²) in [5.41, 5.74) is 0.808. The second-order valence-electron chi connectivity index (χ2n) is 6.30. The molecule has 1 saturated heterocycles. The van der Waals surface area contributed by atoms with Crippen LogP contribution in [0.5, 0.6) is 0 Å². The second-order valence-corrected chi connectivity index (χ2v) is 6.30. The summed E-state index contributed by atoms with van der Waals surface area (Å²) in [4.78, 5) is 25.5. The van der Waals surface area contributed by atoms with E-state index in [9.17, 15) is 4.79 Å². The molecule has 1 unspecified atom stereocenters. The van der Waals surface area contributed by atoms with Gasteiger partial charge < -0.3 is 9.88 Å². The Hall–Kier alpha value is -2.75. The monoisotopic (exact) mass is 325 g/mol. The first-order chi connectivity index (χ1) is 11.6. The number of hydrogen-bond donors (Lipinski definition) is 1. The molecule has 0 aromatic carbocycles. The zero-order valence-electron chi connectivity index (χ0n) is 13.9. The van der Waals surface area contributed by atoms with Gasteiger partial charge in [-0.05, 0) is 23.4 Å². The summed E-state index contributed by atoms with van der Waals surface area (Å²) in [6.07, 6.45) is 6.42. The SMILES string of the molecule is C[C@@H]1CCN(C(=O)CC#N)CC1/C=[N+](/C)c1ncnc2[nH]ccc12. The number of H-pyrrole nitrogens is 1. The maximum absolute atomic E-state index is 12.0. The van der Waals surface area contributed by atoms with Gasteiger partial charge in [-0.1, -0.05) is 6.92 Å². The lowest BCUT2D eigenvalue weighted by atomic mass is 9.87. The summed E-state index contributed by atoms with van der Waals surface area (Å²) in [6.45, 7) is 3.58. The third-order valence-electron chi connectivity index (χ3n) is 4.68. The molecule has 1 aliphatic heterocycles. The van der Waals surface area contributed by atoms with Crippen molar-refractivity contribution in [1.82, 2.24) is 19.9 Å². The average Bonchev–Trinajstić information content (AvgIpc) is 3.05. The maximum atomic E-state index is 12.0. The highest BCUT2D eigenvalue weighted by molar-refractivity contribution is 5.83. The van der Waals surface area contributed by atoms with Gasteiger partial charge in [-0.2, -0.15) is 10.2 Å². The number of hydrogen-bond acceptors (Lipinski definition) is 4. The van der Waals surface area contributed by atoms with Gasteiger partial charge in [0.05, 0.1) is 19.3 Å². The van der Waals surface area contributed by atoms with Gasteiger partial charge in [0, 0.05) is 25.2 Å². The molecule has 2 atom stereocenters. The van der Waals surface area contributed by atoms with Crippen LogP contribution in [-0.4, -0.2) is 56.7 Å². The van der Waals surface area contributed by atoms with Crippen molar-refractivity contribution in [2.24, 2.45) is 11.8 Å². The molecule has 3 heterocycles. The van der Waals surface area contributed by atoms with Crippen molar-refractivity contribution in [3.8, 4) is 6.07 Å². The van der Waals surface area contributed by atoms with E-state index in [0.717, 1.165) is 29.8 Å². The van der Waals surface area contributed by atoms with E-state index in [-0.39, 0.29) is 18.2 Å². The summed E-state index contributed by atoms with van der Waals surface area (Å²) in [7, 11) is 1.97. The molecule has 3 rings (SSSR count). The van der Waals surface area contributed by atoms with Gasteiger partial charge in [0.2, 0.25) is 12.2 Å². The first-order valence-electron chi connectivity index (χ1n) is 8.10. The standard InChI is InChI=1S/C17H21N6O/c1-12-5-8-23(15(24)3-6-18)10-13(12)9-22(2)17-14-4-7-19-16(14)20-11-21-17/h4,7,9,11-13H,3,5,8,10H2,1-2H3,(H,19,20,21)/q+1/b22-9-/t12-,13?/m1/s1. The van der Waals surface area contributed by atoms with Crippen LogP contribution < -0.4 is 0 Å². The molecule has 1 N–H and O–H groups in total. The summed E-state index contributed by atoms with van der Waals surface area (Å²) < 4.78 is 2.01. The molecule has 2 aromatic rings. The topological polar surface area (TPSA) is 88.7 Å². The lowest BCUT2D eigenvalue weighted by molar-refractivity contribution is -0.405. The molecular formula is C17H21N6O+. The predicted octanol–water partition coefficient (Wildman–Crippen LogP) is 1.70. The van der Waals surface area contributed by atoms with Crippen molar-refractivity contribution in [2.45, 2.75) is 19.8 Å². The number of carbonyl (C=O) groups excluding carboxylic acids is 1. The number of amides is 1. The normalized spacial score (nSPS) is 21.7. The highest BCUT2D eigenvalue weighted by Gasteiger charge is 2.29. The van der Waals surface area contributed by atoms with Crippen LogP contribution in [0.2, 0.25) is 0 Å². The average molecular weight is 325 g/mol. The van der Waals surface area contributed by atoms with Crippen LogP contribution in [0.1, 0.15) is 19.8 Å². The van der Waals surface area contributed by atoms with Crippen LogP contribution in [0.4, 0.5) is 5.82 Å². The highest BCUT2D eigenvalue weighted by atomic mass is 16.2. The molecule has 2 aromatic heterocycles. The number of nitrogens with zero attached hydrogens (tertiary/aromatic N) is 5. The van der Waals surface area contributed by atoms with Crippen molar-refractivity contribution >= 4 is 29.0 Å². The van der Waals surface area contributed by atoms with E-state index >= 15 is 0 Å². The minimum absolute atomic E-state index is 0.0488. The van der Waals surface area contributed by atoms with Crippen LogP contribution in [0.15, 0.2) is 18.6 Å². The molecule has 0 spiro atoms. The van der Waals surface area contributed by atoms with Gasteiger partial charge >= 0.3 is 5.82 Å². The Morgan fingerprint density at radius 3 is 3.21 bits per heavy atom. The zero-order valence-corrected chi connectivity index (χ0v) is 13.9. The van der Waals surface area contributed by atoms with Crippen molar-refractivity contribution in [3.63, 3.8) is 0 Å². The molecular weight excluding hydrogens is 304 g/mol. The smallest absolute Gasteiger partial charge is 0.335 e. The number of aromatic nitrogens is 3. The number of nitriles is 1. The summed E-state index contributed by atoms with van der Waals surface area (Å²) in [5, 5.41) is 9.70. The summed E-state index contributed by atoms with van der Waals surface area (Å²) in [6, 6.07) is 3.90. The van der Waals surface area contributed by atoms with Crippen LogP contribution >= 0.6 is 0 Å². The van der Waals surface area contributed by atoms with Gasteiger partial charge in [-0.25, -0.2) is 4.58 Å². The molecule has 0 bridgehead atoms. The number of rotatable bonds is 3. The van der Waals surface area contributed by atoms with Crippen molar-refractivity contribution in [2.75, 3.05) is 20.1 Å². The molecule has 1 amide bonds. The molecule has 0 saturated carbocycles. The first kappa shape index (κ1) is 16.1. The fourth-order valence-corrected chi connectivity index (χ4v) is 3.20. The molecule has 1 aliphatic rings. The predicted molar refractivity (Wildman–Crippen MR) is 89.9 cm³/mol. The minimum atomic E-state index is -0.0829. The molecule has 0 aliphatic carbocycles. The summed E-state index contributed by atoms with van der Waals surface area (Å²) >= 11 is 0. The second kappa shape index (κ2) is 6.79.